The van der Waals surface area contributed by atoms with E-state index in [9.17, 15) is 0 Å². The lowest BCUT2D eigenvalue weighted by Gasteiger charge is -2.10. The first-order chi connectivity index (χ1) is 9.72. The van der Waals surface area contributed by atoms with Crippen LogP contribution in [0.5, 0.6) is 17.2 Å². The number of methoxy groups -OCH3 is 1. The lowest BCUT2D eigenvalue weighted by molar-refractivity contribution is 0.409. The van der Waals surface area contributed by atoms with E-state index in [0.717, 1.165) is 17.9 Å². The third-order valence-electron chi connectivity index (χ3n) is 3.19. The van der Waals surface area contributed by atoms with E-state index in [1.165, 1.54) is 18.4 Å². The number of benzene rings is 2. The molecule has 2 rings (SSSR count). The number of nitrogen functional groups attached to an aromatic ring is 1. The van der Waals surface area contributed by atoms with Crippen molar-refractivity contribution in [3.63, 3.8) is 0 Å². The van der Waals surface area contributed by atoms with Crippen molar-refractivity contribution in [3.8, 4) is 17.2 Å². The fourth-order valence-electron chi connectivity index (χ4n) is 1.96. The van der Waals surface area contributed by atoms with Crippen LogP contribution in [0.4, 0.5) is 5.69 Å². The van der Waals surface area contributed by atoms with E-state index in [0.29, 0.717) is 11.4 Å². The van der Waals surface area contributed by atoms with E-state index in [1.54, 1.807) is 19.2 Å². The highest BCUT2D eigenvalue weighted by Crippen LogP contribution is 2.31. The average Bonchev–Trinajstić information content (AvgIpc) is 2.49. The van der Waals surface area contributed by atoms with E-state index in [4.69, 9.17) is 15.2 Å². The van der Waals surface area contributed by atoms with Crippen LogP contribution in [0.15, 0.2) is 42.5 Å². The summed E-state index contributed by atoms with van der Waals surface area (Å²) in [6, 6.07) is 13.5. The fourth-order valence-corrected chi connectivity index (χ4v) is 1.96. The number of aryl methyl sites for hydroxylation is 1. The maximum absolute atomic E-state index is 5.91. The molecule has 3 heteroatoms. The first-order valence-electron chi connectivity index (χ1n) is 6.93. The van der Waals surface area contributed by atoms with Crippen LogP contribution in [0, 0.1) is 0 Å². The van der Waals surface area contributed by atoms with Gasteiger partial charge in [0, 0.05) is 6.07 Å². The Morgan fingerprint density at radius 2 is 1.70 bits per heavy atom. The van der Waals surface area contributed by atoms with Crippen molar-refractivity contribution in [1.29, 1.82) is 0 Å². The minimum Gasteiger partial charge on any atom is -0.497 e. The summed E-state index contributed by atoms with van der Waals surface area (Å²) in [5.41, 5.74) is 7.84. The Morgan fingerprint density at radius 1 is 1.00 bits per heavy atom. The third kappa shape index (κ3) is 3.67. The second kappa shape index (κ2) is 6.85. The molecular formula is C17H21NO2. The van der Waals surface area contributed by atoms with Gasteiger partial charge in [0.15, 0.2) is 5.75 Å². The number of unbranched alkanes of at least 4 members (excludes halogenated alkanes) is 1. The van der Waals surface area contributed by atoms with Gasteiger partial charge < -0.3 is 15.2 Å². The second-order valence-electron chi connectivity index (χ2n) is 4.75. The van der Waals surface area contributed by atoms with E-state index in [1.807, 2.05) is 18.2 Å². The van der Waals surface area contributed by atoms with Gasteiger partial charge in [0.05, 0.1) is 12.8 Å². The molecule has 0 amide bonds. The van der Waals surface area contributed by atoms with E-state index in [-0.39, 0.29) is 0 Å². The largest absolute Gasteiger partial charge is 0.497 e. The van der Waals surface area contributed by atoms with Gasteiger partial charge in [-0.25, -0.2) is 0 Å². The van der Waals surface area contributed by atoms with Crippen molar-refractivity contribution in [2.24, 2.45) is 0 Å². The van der Waals surface area contributed by atoms with Crippen LogP contribution in [0.25, 0.3) is 0 Å². The first-order valence-corrected chi connectivity index (χ1v) is 6.93. The van der Waals surface area contributed by atoms with Gasteiger partial charge in [0.25, 0.3) is 0 Å². The predicted molar refractivity (Wildman–Crippen MR) is 82.5 cm³/mol. The molecule has 0 radical (unpaired) electrons. The molecule has 0 fully saturated rings. The number of anilines is 1. The molecule has 106 valence electrons. The van der Waals surface area contributed by atoms with Crippen molar-refractivity contribution >= 4 is 5.69 Å². The summed E-state index contributed by atoms with van der Waals surface area (Å²) in [6.45, 7) is 2.20. The molecule has 0 aliphatic carbocycles. The molecule has 2 aromatic carbocycles. The molecule has 20 heavy (non-hydrogen) atoms. The van der Waals surface area contributed by atoms with Crippen LogP contribution in [0.1, 0.15) is 25.3 Å². The van der Waals surface area contributed by atoms with E-state index >= 15 is 0 Å². The van der Waals surface area contributed by atoms with Crippen LogP contribution < -0.4 is 15.2 Å². The molecule has 0 saturated carbocycles. The summed E-state index contributed by atoms with van der Waals surface area (Å²) in [5.74, 6) is 2.13. The molecule has 2 N–H and O–H groups in total. The lowest BCUT2D eigenvalue weighted by atomic mass is 10.1. The predicted octanol–water partition coefficient (Wildman–Crippen LogP) is 4.41. The van der Waals surface area contributed by atoms with Crippen LogP contribution in [0.3, 0.4) is 0 Å². The highest BCUT2D eigenvalue weighted by Gasteiger charge is 2.04. The van der Waals surface area contributed by atoms with Crippen LogP contribution in [-0.2, 0) is 6.42 Å². The van der Waals surface area contributed by atoms with Crippen LogP contribution in [0.2, 0.25) is 0 Å². The SMILES string of the molecule is CCCCc1ccc(Oc2cc(OC)ccc2N)cc1. The highest BCUT2D eigenvalue weighted by atomic mass is 16.5. The Balaban J connectivity index is 2.09. The standard InChI is InChI=1S/C17H21NO2/c1-3-4-5-13-6-8-14(9-7-13)20-17-12-15(19-2)10-11-16(17)18/h6-12H,3-5,18H2,1-2H3. The zero-order valence-corrected chi connectivity index (χ0v) is 12.1. The molecule has 0 aliphatic heterocycles. The summed E-state index contributed by atoms with van der Waals surface area (Å²) >= 11 is 0. The zero-order valence-electron chi connectivity index (χ0n) is 12.1. The lowest BCUT2D eigenvalue weighted by Crippen LogP contribution is -1.93. The minimum absolute atomic E-state index is 0.598. The molecule has 0 heterocycles. The maximum atomic E-state index is 5.91. The quantitative estimate of drug-likeness (QED) is 0.791. The molecule has 0 bridgehead atoms. The molecule has 0 spiro atoms. The molecule has 0 saturated heterocycles. The minimum atomic E-state index is 0.598. The molecule has 0 unspecified atom stereocenters. The van der Waals surface area contributed by atoms with Gasteiger partial charge in [0.1, 0.15) is 11.5 Å². The van der Waals surface area contributed by atoms with Crippen molar-refractivity contribution in [2.45, 2.75) is 26.2 Å². The molecule has 0 aromatic heterocycles. The van der Waals surface area contributed by atoms with E-state index in [2.05, 4.69) is 19.1 Å². The Labute approximate surface area is 120 Å². The summed E-state index contributed by atoms with van der Waals surface area (Å²) < 4.78 is 11.0. The molecule has 2 aromatic rings. The van der Waals surface area contributed by atoms with Crippen molar-refractivity contribution < 1.29 is 9.47 Å². The normalized spacial score (nSPS) is 10.3. The summed E-state index contributed by atoms with van der Waals surface area (Å²) in [4.78, 5) is 0. The van der Waals surface area contributed by atoms with Crippen molar-refractivity contribution in [3.05, 3.63) is 48.0 Å². The number of nitrogens with two attached hydrogens (primary N) is 1. The molecule has 3 nitrogen and oxygen atoms in total. The van der Waals surface area contributed by atoms with Gasteiger partial charge >= 0.3 is 0 Å². The van der Waals surface area contributed by atoms with Gasteiger partial charge in [0.2, 0.25) is 0 Å². The molecule has 0 atom stereocenters. The smallest absolute Gasteiger partial charge is 0.153 e. The average molecular weight is 271 g/mol. The topological polar surface area (TPSA) is 44.5 Å². The zero-order chi connectivity index (χ0) is 14.4. The molecule has 0 aliphatic rings. The van der Waals surface area contributed by atoms with Gasteiger partial charge in [-0.2, -0.15) is 0 Å². The van der Waals surface area contributed by atoms with Gasteiger partial charge in [-0.1, -0.05) is 25.5 Å². The van der Waals surface area contributed by atoms with Crippen molar-refractivity contribution in [1.82, 2.24) is 0 Å². The number of hydrogen-bond acceptors (Lipinski definition) is 3. The highest BCUT2D eigenvalue weighted by molar-refractivity contribution is 5.57. The maximum Gasteiger partial charge on any atom is 0.153 e. The number of hydrogen-bond donors (Lipinski definition) is 1. The number of rotatable bonds is 6. The Morgan fingerprint density at radius 3 is 2.35 bits per heavy atom. The van der Waals surface area contributed by atoms with E-state index < -0.39 is 0 Å². The fraction of sp³-hybridized carbons (Fsp3) is 0.294. The Hall–Kier alpha value is -2.16. The first kappa shape index (κ1) is 14.3. The van der Waals surface area contributed by atoms with Gasteiger partial charge in [-0.15, -0.1) is 0 Å². The monoisotopic (exact) mass is 271 g/mol. The number of ether oxygens (including phenoxy) is 2. The van der Waals surface area contributed by atoms with Crippen LogP contribution >= 0.6 is 0 Å². The van der Waals surface area contributed by atoms with Gasteiger partial charge in [-0.05, 0) is 42.7 Å². The van der Waals surface area contributed by atoms with Gasteiger partial charge in [-0.3, -0.25) is 0 Å². The summed E-state index contributed by atoms with van der Waals surface area (Å²) in [5, 5.41) is 0. The summed E-state index contributed by atoms with van der Waals surface area (Å²) in [6.07, 6.45) is 3.53. The third-order valence-corrected chi connectivity index (χ3v) is 3.19. The Kier molecular flexibility index (Phi) is 4.88. The summed E-state index contributed by atoms with van der Waals surface area (Å²) in [7, 11) is 1.62. The Bertz CT molecular complexity index is 549. The van der Waals surface area contributed by atoms with Crippen molar-refractivity contribution in [2.75, 3.05) is 12.8 Å². The second-order valence-corrected chi connectivity index (χ2v) is 4.75. The van der Waals surface area contributed by atoms with Crippen LogP contribution in [-0.4, -0.2) is 7.11 Å². The molecular weight excluding hydrogens is 250 g/mol.